The minimum atomic E-state index is -3.64. The van der Waals surface area contributed by atoms with Crippen molar-refractivity contribution < 1.29 is 17.6 Å². The Morgan fingerprint density at radius 3 is 2.54 bits per heavy atom. The number of carbonyl (C=O) groups excluding carboxylic acids is 1. The maximum Gasteiger partial charge on any atom is 0.287 e. The number of sulfonamides is 1. The molecule has 0 aliphatic carbocycles. The Morgan fingerprint density at radius 1 is 1.14 bits per heavy atom. The van der Waals surface area contributed by atoms with Crippen molar-refractivity contribution in [3.8, 4) is 11.3 Å². The molecule has 1 amide bonds. The molecule has 28 heavy (non-hydrogen) atoms. The number of fused-ring (bicyclic) bond motifs is 3. The first-order valence-corrected chi connectivity index (χ1v) is 11.1. The Bertz CT molecular complexity index is 975. The van der Waals surface area contributed by atoms with Crippen LogP contribution >= 0.6 is 0 Å². The zero-order valence-corrected chi connectivity index (χ0v) is 16.8. The molecule has 1 aromatic heterocycles. The molecule has 0 saturated carbocycles. The lowest BCUT2D eigenvalue weighted by Gasteiger charge is -2.49. The zero-order valence-electron chi connectivity index (χ0n) is 16.0. The number of rotatable bonds is 5. The number of furan rings is 1. The van der Waals surface area contributed by atoms with Gasteiger partial charge in [0.15, 0.2) is 5.76 Å². The van der Waals surface area contributed by atoms with Gasteiger partial charge in [-0.3, -0.25) is 9.69 Å². The minimum Gasteiger partial charge on any atom is -0.451 e. The third-order valence-electron chi connectivity index (χ3n) is 6.02. The highest BCUT2D eigenvalue weighted by atomic mass is 32.2. The molecule has 2 aromatic rings. The van der Waals surface area contributed by atoms with E-state index < -0.39 is 10.0 Å². The lowest BCUT2D eigenvalue weighted by Crippen LogP contribution is -2.62. The van der Waals surface area contributed by atoms with Gasteiger partial charge in [-0.15, -0.1) is 0 Å². The highest BCUT2D eigenvalue weighted by molar-refractivity contribution is 7.89. The van der Waals surface area contributed by atoms with Gasteiger partial charge in [0.1, 0.15) is 5.76 Å². The molecule has 3 aliphatic rings. The van der Waals surface area contributed by atoms with Gasteiger partial charge in [-0.05, 0) is 70.1 Å². The fraction of sp³-hybridized carbons (Fsp3) is 0.450. The Kier molecular flexibility index (Phi) is 5.03. The van der Waals surface area contributed by atoms with Gasteiger partial charge in [-0.1, -0.05) is 12.1 Å². The van der Waals surface area contributed by atoms with E-state index >= 15 is 0 Å². The van der Waals surface area contributed by atoms with Crippen LogP contribution in [-0.4, -0.2) is 51.4 Å². The van der Waals surface area contributed by atoms with Crippen LogP contribution in [0.4, 0.5) is 0 Å². The summed E-state index contributed by atoms with van der Waals surface area (Å²) in [6.45, 7) is 4.35. The van der Waals surface area contributed by atoms with Crippen LogP contribution in [0.15, 0.2) is 45.7 Å². The first kappa shape index (κ1) is 19.2. The van der Waals surface area contributed by atoms with Gasteiger partial charge in [0, 0.05) is 17.6 Å². The van der Waals surface area contributed by atoms with E-state index in [2.05, 4.69) is 21.9 Å². The predicted molar refractivity (Wildman–Crippen MR) is 105 cm³/mol. The summed E-state index contributed by atoms with van der Waals surface area (Å²) in [6, 6.07) is 10.2. The average molecular weight is 404 g/mol. The van der Waals surface area contributed by atoms with Crippen LogP contribution in [-0.2, 0) is 10.0 Å². The molecule has 7 nitrogen and oxygen atoms in total. The summed E-state index contributed by atoms with van der Waals surface area (Å²) < 4.78 is 32.6. The molecule has 2 unspecified atom stereocenters. The van der Waals surface area contributed by atoms with E-state index in [1.807, 2.05) is 0 Å². The van der Waals surface area contributed by atoms with Crippen LogP contribution in [0.3, 0.4) is 0 Å². The Balaban J connectivity index is 1.56. The second-order valence-corrected chi connectivity index (χ2v) is 9.34. The van der Waals surface area contributed by atoms with E-state index in [0.717, 1.165) is 25.9 Å². The summed E-state index contributed by atoms with van der Waals surface area (Å²) in [7, 11) is -2.28. The van der Waals surface area contributed by atoms with Crippen molar-refractivity contribution in [3.05, 3.63) is 42.2 Å². The summed E-state index contributed by atoms with van der Waals surface area (Å²) in [4.78, 5) is 15.3. The molecular weight excluding hydrogens is 378 g/mol. The van der Waals surface area contributed by atoms with Crippen LogP contribution in [0.5, 0.6) is 0 Å². The first-order chi connectivity index (χ1) is 13.4. The molecule has 2 N–H and O–H groups in total. The van der Waals surface area contributed by atoms with Crippen molar-refractivity contribution in [3.63, 3.8) is 0 Å². The standard InChI is InChI=1S/C20H25N3O4S/c1-13-19(14-9-11-23(13)12-10-14)22-20(24)17-8-7-16(27-17)15-5-3-4-6-18(15)28(25,26)21-2/h3-8,13-14,19,21H,9-12H2,1-2H3,(H,22,24). The number of benzene rings is 1. The molecule has 4 heterocycles. The molecule has 2 atom stereocenters. The second kappa shape index (κ2) is 7.35. The van der Waals surface area contributed by atoms with Crippen molar-refractivity contribution in [2.24, 2.45) is 5.92 Å². The fourth-order valence-corrected chi connectivity index (χ4v) is 5.32. The molecule has 3 saturated heterocycles. The number of hydrogen-bond donors (Lipinski definition) is 2. The monoisotopic (exact) mass is 403 g/mol. The Morgan fingerprint density at radius 2 is 1.86 bits per heavy atom. The van der Waals surface area contributed by atoms with Crippen molar-refractivity contribution in [2.75, 3.05) is 20.1 Å². The third-order valence-corrected chi connectivity index (χ3v) is 7.49. The largest absolute Gasteiger partial charge is 0.451 e. The first-order valence-electron chi connectivity index (χ1n) is 9.58. The van der Waals surface area contributed by atoms with Crippen molar-refractivity contribution in [2.45, 2.75) is 36.7 Å². The number of amides is 1. The van der Waals surface area contributed by atoms with Crippen molar-refractivity contribution in [1.29, 1.82) is 0 Å². The van der Waals surface area contributed by atoms with Gasteiger partial charge in [-0.2, -0.15) is 0 Å². The minimum absolute atomic E-state index is 0.112. The molecule has 5 rings (SSSR count). The van der Waals surface area contributed by atoms with E-state index in [4.69, 9.17) is 4.42 Å². The van der Waals surface area contributed by atoms with Gasteiger partial charge in [-0.25, -0.2) is 13.1 Å². The summed E-state index contributed by atoms with van der Waals surface area (Å²) in [5.41, 5.74) is 0.423. The summed E-state index contributed by atoms with van der Waals surface area (Å²) in [5.74, 6) is 0.780. The molecule has 1 aromatic carbocycles. The highest BCUT2D eigenvalue weighted by Gasteiger charge is 2.40. The van der Waals surface area contributed by atoms with Gasteiger partial charge < -0.3 is 9.73 Å². The summed E-state index contributed by atoms with van der Waals surface area (Å²) in [6.07, 6.45) is 2.21. The van der Waals surface area contributed by atoms with Crippen LogP contribution in [0.25, 0.3) is 11.3 Å². The SMILES string of the molecule is CNS(=O)(=O)c1ccccc1-c1ccc(C(=O)NC2C3CCN(CC3)C2C)o1. The lowest BCUT2D eigenvalue weighted by atomic mass is 9.79. The Hall–Kier alpha value is -2.16. The highest BCUT2D eigenvalue weighted by Crippen LogP contribution is 2.33. The molecule has 8 heteroatoms. The predicted octanol–water partition coefficient (Wildman–Crippen LogP) is 2.07. The normalized spacial score (nSPS) is 26.9. The zero-order chi connectivity index (χ0) is 19.9. The molecule has 3 aliphatic heterocycles. The van der Waals surface area contributed by atoms with Crippen molar-refractivity contribution >= 4 is 15.9 Å². The van der Waals surface area contributed by atoms with Crippen molar-refractivity contribution in [1.82, 2.24) is 14.9 Å². The van der Waals surface area contributed by atoms with E-state index in [1.54, 1.807) is 30.3 Å². The summed E-state index contributed by atoms with van der Waals surface area (Å²) in [5, 5.41) is 3.13. The number of nitrogens with zero attached hydrogens (tertiary/aromatic N) is 1. The van der Waals surface area contributed by atoms with E-state index in [0.29, 0.717) is 23.3 Å². The molecule has 0 spiro atoms. The van der Waals surface area contributed by atoms with Gasteiger partial charge in [0.05, 0.1) is 4.90 Å². The molecule has 3 fully saturated rings. The van der Waals surface area contributed by atoms with E-state index in [-0.39, 0.29) is 22.6 Å². The Labute approximate surface area is 165 Å². The van der Waals surface area contributed by atoms with Crippen LogP contribution in [0, 0.1) is 5.92 Å². The van der Waals surface area contributed by atoms with Crippen LogP contribution in [0.2, 0.25) is 0 Å². The van der Waals surface area contributed by atoms with Gasteiger partial charge in [0.2, 0.25) is 10.0 Å². The van der Waals surface area contributed by atoms with Gasteiger partial charge >= 0.3 is 0 Å². The maximum absolute atomic E-state index is 12.8. The number of piperidine rings is 3. The molecular formula is C20H25N3O4S. The lowest BCUT2D eigenvalue weighted by molar-refractivity contribution is 0.0211. The number of nitrogens with one attached hydrogen (secondary N) is 2. The van der Waals surface area contributed by atoms with E-state index in [9.17, 15) is 13.2 Å². The fourth-order valence-electron chi connectivity index (χ4n) is 4.39. The third kappa shape index (κ3) is 3.36. The summed E-state index contributed by atoms with van der Waals surface area (Å²) >= 11 is 0. The van der Waals surface area contributed by atoms with Crippen LogP contribution in [0.1, 0.15) is 30.3 Å². The maximum atomic E-state index is 12.8. The topological polar surface area (TPSA) is 91.6 Å². The quantitative estimate of drug-likeness (QED) is 0.797. The molecule has 0 radical (unpaired) electrons. The van der Waals surface area contributed by atoms with Crippen LogP contribution < -0.4 is 10.0 Å². The van der Waals surface area contributed by atoms with Gasteiger partial charge in [0.25, 0.3) is 5.91 Å². The molecule has 150 valence electrons. The second-order valence-electron chi connectivity index (χ2n) is 7.48. The number of carbonyl (C=O) groups is 1. The average Bonchev–Trinajstić information content (AvgIpc) is 3.21. The van der Waals surface area contributed by atoms with E-state index in [1.165, 1.54) is 13.1 Å². The molecule has 2 bridgehead atoms. The smallest absolute Gasteiger partial charge is 0.287 e. The number of hydrogen-bond acceptors (Lipinski definition) is 5.